The van der Waals surface area contributed by atoms with Crippen molar-refractivity contribution < 1.29 is 4.79 Å². The van der Waals surface area contributed by atoms with Crippen molar-refractivity contribution in [1.82, 2.24) is 0 Å². The fourth-order valence-corrected chi connectivity index (χ4v) is 4.63. The predicted molar refractivity (Wildman–Crippen MR) is 118 cm³/mol. The number of aliphatic imine (C=N–C) groups is 1. The van der Waals surface area contributed by atoms with E-state index in [0.29, 0.717) is 11.4 Å². The number of carbonyl (C=O) groups excluding carboxylic acids is 1. The molecule has 1 aliphatic heterocycles. The number of hydrogen-bond donors (Lipinski definition) is 1. The Morgan fingerprint density at radius 2 is 1.55 bits per heavy atom. The Labute approximate surface area is 175 Å². The number of benzene rings is 3. The molecule has 3 aromatic rings. The highest BCUT2D eigenvalue weighted by Crippen LogP contribution is 2.43. The SMILES string of the molecule is O=C1C[C@H](c2ccccc2)CC2=Nc3ccccc3N[C@@H](c3ccc(Cl)cc3)C12. The fourth-order valence-electron chi connectivity index (χ4n) is 4.51. The minimum absolute atomic E-state index is 0.154. The van der Waals surface area contributed by atoms with Crippen LogP contribution in [-0.2, 0) is 4.79 Å². The van der Waals surface area contributed by atoms with Crippen molar-refractivity contribution in [2.75, 3.05) is 5.32 Å². The molecule has 0 radical (unpaired) electrons. The van der Waals surface area contributed by atoms with Crippen molar-refractivity contribution in [2.45, 2.75) is 24.8 Å². The molecule has 1 aliphatic carbocycles. The van der Waals surface area contributed by atoms with E-state index in [-0.39, 0.29) is 23.7 Å². The van der Waals surface area contributed by atoms with Crippen LogP contribution in [0.4, 0.5) is 11.4 Å². The second-order valence-electron chi connectivity index (χ2n) is 7.75. The molecule has 3 nitrogen and oxygen atoms in total. The molecule has 2 aliphatic rings. The van der Waals surface area contributed by atoms with Crippen LogP contribution in [0.3, 0.4) is 0 Å². The van der Waals surface area contributed by atoms with Crippen LogP contribution in [0.25, 0.3) is 0 Å². The average Bonchev–Trinajstić information content (AvgIpc) is 2.92. The summed E-state index contributed by atoms with van der Waals surface area (Å²) >= 11 is 6.11. The van der Waals surface area contributed by atoms with Gasteiger partial charge in [0.25, 0.3) is 0 Å². The summed E-state index contributed by atoms with van der Waals surface area (Å²) in [5.74, 6) is 0.141. The minimum Gasteiger partial charge on any atom is -0.375 e. The van der Waals surface area contributed by atoms with Gasteiger partial charge in [-0.15, -0.1) is 0 Å². The van der Waals surface area contributed by atoms with Crippen LogP contribution in [0.5, 0.6) is 0 Å². The van der Waals surface area contributed by atoms with E-state index in [2.05, 4.69) is 17.4 Å². The number of fused-ring (bicyclic) bond motifs is 2. The molecule has 3 aromatic carbocycles. The molecular formula is C25H21ClN2O. The number of rotatable bonds is 2. The maximum absolute atomic E-state index is 13.4. The van der Waals surface area contributed by atoms with Crippen LogP contribution in [0.2, 0.25) is 5.02 Å². The summed E-state index contributed by atoms with van der Waals surface area (Å²) in [5, 5.41) is 4.29. The average molecular weight is 401 g/mol. The molecule has 0 bridgehead atoms. The number of para-hydroxylation sites is 2. The van der Waals surface area contributed by atoms with Gasteiger partial charge in [0.2, 0.25) is 0 Å². The zero-order chi connectivity index (χ0) is 19.8. The smallest absolute Gasteiger partial charge is 0.144 e. The quantitative estimate of drug-likeness (QED) is 0.545. The highest BCUT2D eigenvalue weighted by molar-refractivity contribution is 6.30. The van der Waals surface area contributed by atoms with Crippen LogP contribution < -0.4 is 5.32 Å². The Hall–Kier alpha value is -2.91. The molecule has 0 saturated heterocycles. The molecule has 1 heterocycles. The third-order valence-corrected chi connectivity index (χ3v) is 6.17. The number of halogens is 1. The molecule has 1 N–H and O–H groups in total. The van der Waals surface area contributed by atoms with E-state index in [0.717, 1.165) is 29.1 Å². The molecule has 0 aromatic heterocycles. The first kappa shape index (κ1) is 18.1. The van der Waals surface area contributed by atoms with Crippen LogP contribution in [0.1, 0.15) is 35.9 Å². The number of carbonyl (C=O) groups is 1. The van der Waals surface area contributed by atoms with Crippen molar-refractivity contribution in [2.24, 2.45) is 10.9 Å². The van der Waals surface area contributed by atoms with Gasteiger partial charge in [-0.1, -0.05) is 66.2 Å². The number of Topliss-reactive ketones (excluding diaryl/α,β-unsaturated/α-hetero) is 1. The molecule has 1 saturated carbocycles. The number of nitrogens with zero attached hydrogens (tertiary/aromatic N) is 1. The summed E-state index contributed by atoms with van der Waals surface area (Å²) in [6.07, 6.45) is 1.33. The molecular weight excluding hydrogens is 380 g/mol. The zero-order valence-electron chi connectivity index (χ0n) is 15.9. The summed E-state index contributed by atoms with van der Waals surface area (Å²) in [6.45, 7) is 0. The van der Waals surface area contributed by atoms with Crippen molar-refractivity contribution in [1.29, 1.82) is 0 Å². The van der Waals surface area contributed by atoms with Gasteiger partial charge in [0.15, 0.2) is 0 Å². The van der Waals surface area contributed by atoms with Gasteiger partial charge in [-0.05, 0) is 47.7 Å². The molecule has 0 spiro atoms. The third-order valence-electron chi connectivity index (χ3n) is 5.92. The van der Waals surface area contributed by atoms with E-state index in [9.17, 15) is 4.79 Å². The lowest BCUT2D eigenvalue weighted by Gasteiger charge is -2.34. The monoisotopic (exact) mass is 400 g/mol. The molecule has 5 rings (SSSR count). The Morgan fingerprint density at radius 1 is 0.828 bits per heavy atom. The van der Waals surface area contributed by atoms with E-state index in [1.54, 1.807) is 0 Å². The second-order valence-corrected chi connectivity index (χ2v) is 8.19. The Bertz CT molecular complexity index is 1080. The van der Waals surface area contributed by atoms with E-state index in [1.165, 1.54) is 5.56 Å². The van der Waals surface area contributed by atoms with Crippen molar-refractivity contribution in [3.63, 3.8) is 0 Å². The van der Waals surface area contributed by atoms with E-state index >= 15 is 0 Å². The fraction of sp³-hybridized carbons (Fsp3) is 0.200. The first-order chi connectivity index (χ1) is 14.2. The molecule has 29 heavy (non-hydrogen) atoms. The van der Waals surface area contributed by atoms with Crippen molar-refractivity contribution in [3.05, 3.63) is 95.0 Å². The molecule has 1 unspecified atom stereocenters. The maximum atomic E-state index is 13.4. The van der Waals surface area contributed by atoms with Crippen LogP contribution >= 0.6 is 11.6 Å². The first-order valence-corrected chi connectivity index (χ1v) is 10.3. The summed E-state index contributed by atoms with van der Waals surface area (Å²) in [4.78, 5) is 18.4. The number of nitrogens with one attached hydrogen (secondary N) is 1. The van der Waals surface area contributed by atoms with Gasteiger partial charge in [-0.2, -0.15) is 0 Å². The van der Waals surface area contributed by atoms with Gasteiger partial charge < -0.3 is 5.32 Å². The standard InChI is InChI=1S/C25H21ClN2O/c26-19-12-10-17(11-13-19)25-24-22(27-20-8-4-5-9-21(20)28-25)14-18(15-23(24)29)16-6-2-1-3-7-16/h1-13,18,24-25,28H,14-15H2/t18-,24?,25+/m1/s1. The van der Waals surface area contributed by atoms with Crippen molar-refractivity contribution >= 4 is 34.5 Å². The van der Waals surface area contributed by atoms with E-state index in [1.807, 2.05) is 66.7 Å². The number of anilines is 1. The molecule has 4 heteroatoms. The highest BCUT2D eigenvalue weighted by Gasteiger charge is 2.41. The Kier molecular flexibility index (Phi) is 4.69. The topological polar surface area (TPSA) is 41.5 Å². The largest absolute Gasteiger partial charge is 0.375 e. The highest BCUT2D eigenvalue weighted by atomic mass is 35.5. The van der Waals surface area contributed by atoms with Gasteiger partial charge in [0.05, 0.1) is 23.3 Å². The van der Waals surface area contributed by atoms with Gasteiger partial charge in [-0.25, -0.2) is 0 Å². The molecule has 1 fully saturated rings. The number of hydrogen-bond acceptors (Lipinski definition) is 3. The van der Waals surface area contributed by atoms with Crippen LogP contribution in [0.15, 0.2) is 83.9 Å². The lowest BCUT2D eigenvalue weighted by Crippen LogP contribution is -2.38. The van der Waals surface area contributed by atoms with Gasteiger partial charge >= 0.3 is 0 Å². The Balaban J connectivity index is 1.60. The lowest BCUT2D eigenvalue weighted by atomic mass is 9.72. The van der Waals surface area contributed by atoms with Gasteiger partial charge in [0, 0.05) is 17.2 Å². The van der Waals surface area contributed by atoms with Crippen LogP contribution in [-0.4, -0.2) is 11.5 Å². The first-order valence-electron chi connectivity index (χ1n) is 9.95. The summed E-state index contributed by atoms with van der Waals surface area (Å²) < 4.78 is 0. The van der Waals surface area contributed by atoms with Gasteiger partial charge in [-0.3, -0.25) is 9.79 Å². The second kappa shape index (κ2) is 7.49. The predicted octanol–water partition coefficient (Wildman–Crippen LogP) is 6.34. The van der Waals surface area contributed by atoms with E-state index < -0.39 is 0 Å². The van der Waals surface area contributed by atoms with Crippen molar-refractivity contribution in [3.8, 4) is 0 Å². The van der Waals surface area contributed by atoms with Gasteiger partial charge in [0.1, 0.15) is 5.78 Å². The lowest BCUT2D eigenvalue weighted by molar-refractivity contribution is -0.122. The van der Waals surface area contributed by atoms with E-state index in [4.69, 9.17) is 16.6 Å². The molecule has 3 atom stereocenters. The summed E-state index contributed by atoms with van der Waals surface area (Å²) in [5.41, 5.74) is 5.07. The molecule has 0 amide bonds. The zero-order valence-corrected chi connectivity index (χ0v) is 16.6. The number of ketones is 1. The van der Waals surface area contributed by atoms with Crippen LogP contribution in [0, 0.1) is 5.92 Å². The minimum atomic E-state index is -0.275. The maximum Gasteiger partial charge on any atom is 0.144 e. The third kappa shape index (κ3) is 3.47. The summed E-state index contributed by atoms with van der Waals surface area (Å²) in [6, 6.07) is 25.9. The summed E-state index contributed by atoms with van der Waals surface area (Å²) in [7, 11) is 0. The Morgan fingerprint density at radius 3 is 2.34 bits per heavy atom. The molecule has 144 valence electrons. The normalized spacial score (nSPS) is 23.3.